The number of carbonyl (C=O) groups excluding carboxylic acids is 2. The average Bonchev–Trinajstić information content (AvgIpc) is 2.92. The van der Waals surface area contributed by atoms with E-state index in [0.717, 1.165) is 56.2 Å². The number of hydrogen-bond acceptors (Lipinski definition) is 4. The molecule has 2 amide bonds. The molecule has 1 saturated heterocycles. The average molecular weight is 513 g/mol. The molecule has 1 N–H and O–H groups in total. The molecule has 0 atom stereocenters. The van der Waals surface area contributed by atoms with E-state index in [4.69, 9.17) is 4.42 Å². The van der Waals surface area contributed by atoms with Crippen LogP contribution in [0.1, 0.15) is 83.7 Å². The van der Waals surface area contributed by atoms with Gasteiger partial charge in [-0.15, -0.1) is 0 Å². The number of benzene rings is 2. The zero-order valence-corrected chi connectivity index (χ0v) is 22.3. The van der Waals surface area contributed by atoms with Gasteiger partial charge >= 0.3 is 0 Å². The molecule has 2 aliphatic rings. The molecule has 1 aliphatic carbocycles. The number of amides is 2. The third kappa shape index (κ3) is 5.74. The molecule has 0 unspecified atom stereocenters. The van der Waals surface area contributed by atoms with Crippen molar-refractivity contribution in [3.8, 4) is 0 Å². The summed E-state index contributed by atoms with van der Waals surface area (Å²) in [6.45, 7) is 5.88. The van der Waals surface area contributed by atoms with Gasteiger partial charge in [-0.3, -0.25) is 14.4 Å². The standard InChI is InChI=1S/C32H36N2O4/c1-21-17-27-28(35)19-30(38-29(27)18-22(21)2)32(37)33-15-14-23-10-12-24(13-11-23)26-8-4-3-7-25(26)20-34-16-6-5-9-31(34)36/h3-4,7-8,14,17-19,24H,5-6,9-13,15-16,20H2,1-2H3,(H,33,37). The third-order valence-corrected chi connectivity index (χ3v) is 8.13. The number of hydrogen-bond donors (Lipinski definition) is 1. The molecule has 2 heterocycles. The second kappa shape index (κ2) is 11.4. The second-order valence-electron chi connectivity index (χ2n) is 10.7. The van der Waals surface area contributed by atoms with Crippen molar-refractivity contribution in [1.29, 1.82) is 0 Å². The van der Waals surface area contributed by atoms with Crippen molar-refractivity contribution >= 4 is 22.8 Å². The number of allylic oxidation sites excluding steroid dienone is 1. The summed E-state index contributed by atoms with van der Waals surface area (Å²) in [7, 11) is 0. The zero-order chi connectivity index (χ0) is 26.6. The Morgan fingerprint density at radius 3 is 2.58 bits per heavy atom. The minimum Gasteiger partial charge on any atom is -0.451 e. The predicted molar refractivity (Wildman–Crippen MR) is 149 cm³/mol. The summed E-state index contributed by atoms with van der Waals surface area (Å²) in [5, 5.41) is 3.37. The lowest BCUT2D eigenvalue weighted by Gasteiger charge is -2.30. The van der Waals surface area contributed by atoms with Gasteiger partial charge in [-0.2, -0.15) is 0 Å². The van der Waals surface area contributed by atoms with Gasteiger partial charge in [0.1, 0.15) is 5.58 Å². The molecule has 1 aliphatic heterocycles. The fourth-order valence-corrected chi connectivity index (χ4v) is 5.71. The summed E-state index contributed by atoms with van der Waals surface area (Å²) in [6.07, 6.45) is 8.95. The number of carbonyl (C=O) groups is 2. The van der Waals surface area contributed by atoms with Crippen molar-refractivity contribution in [2.24, 2.45) is 0 Å². The Morgan fingerprint density at radius 2 is 1.79 bits per heavy atom. The van der Waals surface area contributed by atoms with Crippen molar-refractivity contribution in [2.75, 3.05) is 13.1 Å². The van der Waals surface area contributed by atoms with E-state index in [1.807, 2.05) is 30.9 Å². The molecular weight excluding hydrogens is 476 g/mol. The van der Waals surface area contributed by atoms with Crippen LogP contribution in [0.5, 0.6) is 0 Å². The van der Waals surface area contributed by atoms with Crippen LogP contribution in [-0.2, 0) is 11.3 Å². The first kappa shape index (κ1) is 26.0. The van der Waals surface area contributed by atoms with Crippen LogP contribution in [0.3, 0.4) is 0 Å². The molecule has 0 radical (unpaired) electrons. The summed E-state index contributed by atoms with van der Waals surface area (Å²) in [5.41, 5.74) is 6.25. The highest BCUT2D eigenvalue weighted by atomic mass is 16.3. The van der Waals surface area contributed by atoms with Crippen LogP contribution in [-0.4, -0.2) is 29.8 Å². The van der Waals surface area contributed by atoms with E-state index in [0.29, 0.717) is 36.4 Å². The number of piperidine rings is 1. The zero-order valence-electron chi connectivity index (χ0n) is 22.3. The van der Waals surface area contributed by atoms with Crippen LogP contribution in [0.25, 0.3) is 11.0 Å². The van der Waals surface area contributed by atoms with Crippen molar-refractivity contribution < 1.29 is 14.0 Å². The maximum atomic E-state index is 12.7. The molecule has 3 aromatic rings. The fraction of sp³-hybridized carbons (Fsp3) is 0.406. The molecule has 1 saturated carbocycles. The summed E-state index contributed by atoms with van der Waals surface area (Å²) >= 11 is 0. The molecule has 38 heavy (non-hydrogen) atoms. The van der Waals surface area contributed by atoms with Gasteiger partial charge in [-0.25, -0.2) is 0 Å². The summed E-state index contributed by atoms with van der Waals surface area (Å²) in [5.74, 6) is 0.414. The number of nitrogens with one attached hydrogen (secondary N) is 1. The SMILES string of the molecule is Cc1cc2oc(C(=O)NCC=C3CCC(c4ccccc4CN4CCCCC4=O)CC3)cc(=O)c2cc1C. The minimum atomic E-state index is -0.381. The number of likely N-dealkylation sites (tertiary alicyclic amines) is 1. The summed E-state index contributed by atoms with van der Waals surface area (Å²) in [6, 6.07) is 13.5. The molecule has 0 bridgehead atoms. The first-order valence-corrected chi connectivity index (χ1v) is 13.8. The van der Waals surface area contributed by atoms with Crippen molar-refractivity contribution in [3.63, 3.8) is 0 Å². The molecule has 1 aromatic heterocycles. The Kier molecular flexibility index (Phi) is 7.77. The summed E-state index contributed by atoms with van der Waals surface area (Å²) < 4.78 is 5.76. The van der Waals surface area contributed by atoms with E-state index >= 15 is 0 Å². The van der Waals surface area contributed by atoms with Crippen molar-refractivity contribution in [1.82, 2.24) is 10.2 Å². The fourth-order valence-electron chi connectivity index (χ4n) is 5.71. The van der Waals surface area contributed by atoms with E-state index in [2.05, 4.69) is 35.7 Å². The lowest BCUT2D eigenvalue weighted by Crippen LogP contribution is -2.35. The van der Waals surface area contributed by atoms with E-state index in [9.17, 15) is 14.4 Å². The highest BCUT2D eigenvalue weighted by Crippen LogP contribution is 2.37. The molecule has 6 heteroatoms. The predicted octanol–water partition coefficient (Wildman–Crippen LogP) is 5.94. The maximum absolute atomic E-state index is 12.7. The van der Waals surface area contributed by atoms with Gasteiger partial charge in [-0.05, 0) is 92.7 Å². The Morgan fingerprint density at radius 1 is 1.03 bits per heavy atom. The first-order chi connectivity index (χ1) is 18.4. The number of fused-ring (bicyclic) bond motifs is 1. The largest absolute Gasteiger partial charge is 0.451 e. The quantitative estimate of drug-likeness (QED) is 0.415. The van der Waals surface area contributed by atoms with Gasteiger partial charge in [0, 0.05) is 32.1 Å². The topological polar surface area (TPSA) is 79.6 Å². The van der Waals surface area contributed by atoms with Crippen LogP contribution < -0.4 is 10.7 Å². The van der Waals surface area contributed by atoms with Gasteiger partial charge in [-0.1, -0.05) is 35.9 Å². The molecule has 2 aromatic carbocycles. The maximum Gasteiger partial charge on any atom is 0.287 e. The molecule has 0 spiro atoms. The van der Waals surface area contributed by atoms with E-state index in [1.165, 1.54) is 22.8 Å². The van der Waals surface area contributed by atoms with E-state index in [-0.39, 0.29) is 23.0 Å². The smallest absolute Gasteiger partial charge is 0.287 e. The van der Waals surface area contributed by atoms with Gasteiger partial charge in [0.25, 0.3) is 5.91 Å². The highest BCUT2D eigenvalue weighted by molar-refractivity contribution is 5.93. The Bertz CT molecular complexity index is 1440. The lowest BCUT2D eigenvalue weighted by molar-refractivity contribution is -0.133. The normalized spacial score (nSPS) is 18.1. The van der Waals surface area contributed by atoms with Crippen molar-refractivity contribution in [3.05, 3.63) is 92.4 Å². The van der Waals surface area contributed by atoms with Crippen LogP contribution >= 0.6 is 0 Å². The summed E-state index contributed by atoms with van der Waals surface area (Å²) in [4.78, 5) is 39.6. The number of aryl methyl sites for hydroxylation is 2. The highest BCUT2D eigenvalue weighted by Gasteiger charge is 2.23. The van der Waals surface area contributed by atoms with Gasteiger partial charge in [0.15, 0.2) is 11.2 Å². The van der Waals surface area contributed by atoms with Crippen LogP contribution in [0.2, 0.25) is 0 Å². The van der Waals surface area contributed by atoms with Crippen LogP contribution in [0, 0.1) is 13.8 Å². The van der Waals surface area contributed by atoms with Gasteiger partial charge < -0.3 is 14.6 Å². The molecule has 6 nitrogen and oxygen atoms in total. The van der Waals surface area contributed by atoms with Crippen molar-refractivity contribution in [2.45, 2.75) is 71.3 Å². The molecule has 198 valence electrons. The molecular formula is C32H36N2O4. The first-order valence-electron chi connectivity index (χ1n) is 13.8. The van der Waals surface area contributed by atoms with E-state index in [1.54, 1.807) is 0 Å². The van der Waals surface area contributed by atoms with Crippen LogP contribution in [0.15, 0.2) is 63.3 Å². The second-order valence-corrected chi connectivity index (χ2v) is 10.7. The number of rotatable bonds is 6. The van der Waals surface area contributed by atoms with Gasteiger partial charge in [0.05, 0.1) is 5.39 Å². The van der Waals surface area contributed by atoms with Crippen LogP contribution in [0.4, 0.5) is 0 Å². The van der Waals surface area contributed by atoms with E-state index < -0.39 is 0 Å². The Hall–Kier alpha value is -3.67. The third-order valence-electron chi connectivity index (χ3n) is 8.13. The molecule has 2 fully saturated rings. The Labute approximate surface area is 223 Å². The lowest BCUT2D eigenvalue weighted by atomic mass is 9.79. The van der Waals surface area contributed by atoms with Gasteiger partial charge in [0.2, 0.25) is 5.91 Å². The Balaban J connectivity index is 1.18. The monoisotopic (exact) mass is 512 g/mol. The molecule has 5 rings (SSSR count). The number of nitrogens with zero attached hydrogens (tertiary/aromatic N) is 1. The minimum absolute atomic E-state index is 0.0386.